The number of ether oxygens (including phenoxy) is 1. The number of rotatable bonds is 5. The van der Waals surface area contributed by atoms with Gasteiger partial charge in [0.1, 0.15) is 11.6 Å². The van der Waals surface area contributed by atoms with E-state index < -0.39 is 17.5 Å². The lowest BCUT2D eigenvalue weighted by atomic mass is 10.1. The molecule has 0 amide bonds. The molecule has 5 rings (SSSR count). The largest absolute Gasteiger partial charge is 0.495 e. The van der Waals surface area contributed by atoms with Crippen molar-refractivity contribution in [2.24, 2.45) is 0 Å². The lowest BCUT2D eigenvalue weighted by Crippen LogP contribution is -1.98. The minimum atomic E-state index is -1.02. The third kappa shape index (κ3) is 3.93. The summed E-state index contributed by atoms with van der Waals surface area (Å²) >= 11 is 0. The number of hydrogen-bond acceptors (Lipinski definition) is 4. The van der Waals surface area contributed by atoms with E-state index in [1.165, 1.54) is 22.8 Å². The SMILES string of the molecule is COc1cc(Cc2nc3c(-c4ccc(F)c(F)c4)cc(F)cn3n2)ccc1-n1cnc(C)c1. The molecule has 33 heavy (non-hydrogen) atoms. The Bertz CT molecular complexity index is 1490. The average molecular weight is 449 g/mol. The van der Waals surface area contributed by atoms with Crippen LogP contribution in [-0.4, -0.2) is 31.3 Å². The summed E-state index contributed by atoms with van der Waals surface area (Å²) in [6.45, 7) is 1.91. The average Bonchev–Trinajstić information content (AvgIpc) is 3.40. The minimum Gasteiger partial charge on any atom is -0.495 e. The molecule has 0 radical (unpaired) electrons. The quantitative estimate of drug-likeness (QED) is 0.383. The number of hydrogen-bond donors (Lipinski definition) is 0. The monoisotopic (exact) mass is 449 g/mol. The van der Waals surface area contributed by atoms with Crippen molar-refractivity contribution < 1.29 is 17.9 Å². The first-order valence-electron chi connectivity index (χ1n) is 10.1. The van der Waals surface area contributed by atoms with Crippen LogP contribution in [0.1, 0.15) is 17.1 Å². The molecule has 0 spiro atoms. The summed E-state index contributed by atoms with van der Waals surface area (Å²) < 4.78 is 50.1. The normalized spacial score (nSPS) is 11.3. The molecule has 0 bridgehead atoms. The lowest BCUT2D eigenvalue weighted by molar-refractivity contribution is 0.412. The molecular formula is C24H18F3N5O. The van der Waals surface area contributed by atoms with E-state index in [0.29, 0.717) is 34.8 Å². The van der Waals surface area contributed by atoms with Crippen LogP contribution >= 0.6 is 0 Å². The number of halogens is 3. The Morgan fingerprint density at radius 1 is 0.970 bits per heavy atom. The van der Waals surface area contributed by atoms with Gasteiger partial charge >= 0.3 is 0 Å². The molecule has 6 nitrogen and oxygen atoms in total. The Morgan fingerprint density at radius 2 is 1.82 bits per heavy atom. The maximum Gasteiger partial charge on any atom is 0.163 e. The molecule has 0 saturated carbocycles. The number of fused-ring (bicyclic) bond motifs is 1. The Morgan fingerprint density at radius 3 is 2.55 bits per heavy atom. The fourth-order valence-corrected chi connectivity index (χ4v) is 3.73. The van der Waals surface area contributed by atoms with Crippen LogP contribution in [-0.2, 0) is 6.42 Å². The minimum absolute atomic E-state index is 0.305. The van der Waals surface area contributed by atoms with Crippen LogP contribution in [0.2, 0.25) is 0 Å². The molecule has 0 fully saturated rings. The fourth-order valence-electron chi connectivity index (χ4n) is 3.73. The van der Waals surface area contributed by atoms with Gasteiger partial charge in [0.05, 0.1) is 31.0 Å². The van der Waals surface area contributed by atoms with Gasteiger partial charge in [0.25, 0.3) is 0 Å². The van der Waals surface area contributed by atoms with Crippen molar-refractivity contribution in [3.8, 4) is 22.6 Å². The molecule has 0 aliphatic carbocycles. The second-order valence-corrected chi connectivity index (χ2v) is 7.60. The van der Waals surface area contributed by atoms with Crippen LogP contribution in [0.3, 0.4) is 0 Å². The number of imidazole rings is 1. The van der Waals surface area contributed by atoms with Gasteiger partial charge in [0, 0.05) is 18.2 Å². The zero-order valence-corrected chi connectivity index (χ0v) is 17.8. The number of aromatic nitrogens is 5. The van der Waals surface area contributed by atoms with Crippen molar-refractivity contribution >= 4 is 5.65 Å². The molecule has 0 N–H and O–H groups in total. The van der Waals surface area contributed by atoms with Gasteiger partial charge in [0.15, 0.2) is 23.1 Å². The summed E-state index contributed by atoms with van der Waals surface area (Å²) in [5.74, 6) is -1.47. The number of benzene rings is 2. The molecule has 0 aliphatic heterocycles. The van der Waals surface area contributed by atoms with E-state index in [2.05, 4.69) is 15.1 Å². The molecule has 3 heterocycles. The standard InChI is InChI=1S/C24H18F3N5O/c1-14-11-31(13-28-14)21-6-3-15(7-22(21)33-2)8-23-29-24-18(10-17(25)12-32(24)30-23)16-4-5-19(26)20(27)9-16/h3-7,9-13H,8H2,1-2H3. The number of methoxy groups -OCH3 is 1. The van der Waals surface area contributed by atoms with Gasteiger partial charge < -0.3 is 9.30 Å². The molecule has 0 atom stereocenters. The van der Waals surface area contributed by atoms with Crippen molar-refractivity contribution in [2.45, 2.75) is 13.3 Å². The first-order valence-corrected chi connectivity index (χ1v) is 10.1. The van der Waals surface area contributed by atoms with Gasteiger partial charge in [-0.15, -0.1) is 0 Å². The molecule has 3 aromatic heterocycles. The van der Waals surface area contributed by atoms with Crippen molar-refractivity contribution in [3.63, 3.8) is 0 Å². The summed E-state index contributed by atoms with van der Waals surface area (Å²) in [6.07, 6.45) is 5.17. The Hall–Kier alpha value is -4.14. The topological polar surface area (TPSA) is 57.2 Å². The maximum absolute atomic E-state index is 14.2. The maximum atomic E-state index is 14.2. The van der Waals surface area contributed by atoms with E-state index in [1.807, 2.05) is 35.9 Å². The number of aryl methyl sites for hydroxylation is 1. The fraction of sp³-hybridized carbons (Fsp3) is 0.125. The highest BCUT2D eigenvalue weighted by Crippen LogP contribution is 2.28. The summed E-state index contributed by atoms with van der Waals surface area (Å²) in [7, 11) is 1.59. The first-order chi connectivity index (χ1) is 15.9. The lowest BCUT2D eigenvalue weighted by Gasteiger charge is -2.10. The highest BCUT2D eigenvalue weighted by molar-refractivity contribution is 5.77. The zero-order chi connectivity index (χ0) is 23.1. The van der Waals surface area contributed by atoms with Gasteiger partial charge in [-0.3, -0.25) is 0 Å². The first kappa shape index (κ1) is 20.7. The van der Waals surface area contributed by atoms with E-state index in [0.717, 1.165) is 29.1 Å². The summed E-state index contributed by atoms with van der Waals surface area (Å²) in [5.41, 5.74) is 3.58. The predicted molar refractivity (Wildman–Crippen MR) is 116 cm³/mol. The van der Waals surface area contributed by atoms with Crippen LogP contribution in [0.25, 0.3) is 22.5 Å². The molecule has 0 saturated heterocycles. The van der Waals surface area contributed by atoms with Crippen molar-refractivity contribution in [3.05, 3.63) is 95.7 Å². The van der Waals surface area contributed by atoms with Crippen molar-refractivity contribution in [2.75, 3.05) is 7.11 Å². The van der Waals surface area contributed by atoms with E-state index in [-0.39, 0.29) is 0 Å². The number of pyridine rings is 1. The van der Waals surface area contributed by atoms with Crippen molar-refractivity contribution in [1.29, 1.82) is 0 Å². The van der Waals surface area contributed by atoms with Crippen LogP contribution in [0.5, 0.6) is 5.75 Å². The smallest absolute Gasteiger partial charge is 0.163 e. The second-order valence-electron chi connectivity index (χ2n) is 7.60. The molecule has 0 unspecified atom stereocenters. The van der Waals surface area contributed by atoms with Gasteiger partial charge in [-0.25, -0.2) is 27.7 Å². The zero-order valence-electron chi connectivity index (χ0n) is 17.8. The van der Waals surface area contributed by atoms with Crippen LogP contribution < -0.4 is 4.74 Å². The third-order valence-corrected chi connectivity index (χ3v) is 5.27. The Labute approximate surface area is 186 Å². The molecule has 9 heteroatoms. The van der Waals surface area contributed by atoms with Crippen LogP contribution in [0.15, 0.2) is 61.2 Å². The Balaban J connectivity index is 1.52. The molecular weight excluding hydrogens is 431 g/mol. The van der Waals surface area contributed by atoms with E-state index in [4.69, 9.17) is 4.74 Å². The van der Waals surface area contributed by atoms with E-state index in [9.17, 15) is 13.2 Å². The molecule has 166 valence electrons. The van der Waals surface area contributed by atoms with Crippen LogP contribution in [0.4, 0.5) is 13.2 Å². The second kappa shape index (κ2) is 8.09. The summed E-state index contributed by atoms with van der Waals surface area (Å²) in [5, 5.41) is 4.38. The van der Waals surface area contributed by atoms with Crippen LogP contribution in [0, 0.1) is 24.4 Å². The molecule has 5 aromatic rings. The van der Waals surface area contributed by atoms with Gasteiger partial charge in [-0.05, 0) is 48.4 Å². The highest BCUT2D eigenvalue weighted by atomic mass is 19.2. The van der Waals surface area contributed by atoms with E-state index >= 15 is 0 Å². The van der Waals surface area contributed by atoms with E-state index in [1.54, 1.807) is 13.4 Å². The highest BCUT2D eigenvalue weighted by Gasteiger charge is 2.15. The third-order valence-electron chi connectivity index (χ3n) is 5.27. The van der Waals surface area contributed by atoms with Gasteiger partial charge in [-0.1, -0.05) is 12.1 Å². The van der Waals surface area contributed by atoms with Gasteiger partial charge in [0.2, 0.25) is 0 Å². The van der Waals surface area contributed by atoms with Crippen molar-refractivity contribution in [1.82, 2.24) is 24.1 Å². The molecule has 2 aromatic carbocycles. The number of nitrogens with zero attached hydrogens (tertiary/aromatic N) is 5. The summed E-state index contributed by atoms with van der Waals surface area (Å²) in [6, 6.07) is 10.3. The predicted octanol–water partition coefficient (Wildman–Crippen LogP) is 4.91. The summed E-state index contributed by atoms with van der Waals surface area (Å²) in [4.78, 5) is 8.77. The van der Waals surface area contributed by atoms with Gasteiger partial charge in [-0.2, -0.15) is 5.10 Å². The Kier molecular flexibility index (Phi) is 5.08. The molecule has 0 aliphatic rings.